The molecular weight excluding hydrogens is 230 g/mol. The van der Waals surface area contributed by atoms with Crippen LogP contribution in [0.1, 0.15) is 39.5 Å². The van der Waals surface area contributed by atoms with Crippen LogP contribution in [0.5, 0.6) is 0 Å². The quantitative estimate of drug-likeness (QED) is 0.750. The first kappa shape index (κ1) is 15.0. The zero-order valence-electron chi connectivity index (χ0n) is 11.4. The fraction of sp³-hybridized carbons (Fsp3) is 0.846. The van der Waals surface area contributed by atoms with Crippen LogP contribution in [0, 0.1) is 5.92 Å². The molecule has 0 radical (unpaired) electrons. The number of nitrogens with zero attached hydrogens (tertiary/aromatic N) is 1. The van der Waals surface area contributed by atoms with Gasteiger partial charge in [0.15, 0.2) is 0 Å². The van der Waals surface area contributed by atoms with Gasteiger partial charge in [0, 0.05) is 19.5 Å². The van der Waals surface area contributed by atoms with E-state index < -0.39 is 6.04 Å². The minimum atomic E-state index is -0.430. The van der Waals surface area contributed by atoms with Gasteiger partial charge in [0.2, 0.25) is 11.8 Å². The molecule has 5 heteroatoms. The monoisotopic (exact) mass is 255 g/mol. The second kappa shape index (κ2) is 7.36. The lowest BCUT2D eigenvalue weighted by Gasteiger charge is -2.29. The van der Waals surface area contributed by atoms with Crippen LogP contribution in [0.4, 0.5) is 0 Å². The molecule has 1 aliphatic rings. The highest BCUT2D eigenvalue weighted by Gasteiger charge is 2.23. The number of piperidine rings is 1. The molecule has 0 spiro atoms. The van der Waals surface area contributed by atoms with Crippen LogP contribution in [0.2, 0.25) is 0 Å². The summed E-state index contributed by atoms with van der Waals surface area (Å²) in [5.41, 5.74) is 5.47. The van der Waals surface area contributed by atoms with Crippen LogP contribution >= 0.6 is 0 Å². The molecule has 18 heavy (non-hydrogen) atoms. The summed E-state index contributed by atoms with van der Waals surface area (Å²) in [5.74, 6) is 0.0940. The second-order valence-corrected chi connectivity index (χ2v) is 5.22. The average molecular weight is 255 g/mol. The summed E-state index contributed by atoms with van der Waals surface area (Å²) >= 11 is 0. The molecule has 1 rings (SSSR count). The predicted octanol–water partition coefficient (Wildman–Crippen LogP) is 0.489. The molecule has 104 valence electrons. The Balaban J connectivity index is 2.36. The Morgan fingerprint density at radius 2 is 1.83 bits per heavy atom. The van der Waals surface area contributed by atoms with Crippen molar-refractivity contribution in [1.29, 1.82) is 0 Å². The van der Waals surface area contributed by atoms with Gasteiger partial charge >= 0.3 is 0 Å². The molecule has 1 heterocycles. The number of carbonyl (C=O) groups is 2. The van der Waals surface area contributed by atoms with Gasteiger partial charge in [-0.05, 0) is 38.6 Å². The summed E-state index contributed by atoms with van der Waals surface area (Å²) < 4.78 is 0. The molecule has 0 aromatic carbocycles. The third-order valence-corrected chi connectivity index (χ3v) is 3.35. The summed E-state index contributed by atoms with van der Waals surface area (Å²) in [6.45, 7) is 5.80. The van der Waals surface area contributed by atoms with E-state index in [1.165, 1.54) is 6.42 Å². The van der Waals surface area contributed by atoms with Crippen molar-refractivity contribution >= 4 is 11.8 Å². The summed E-state index contributed by atoms with van der Waals surface area (Å²) in [5, 5.41) is 2.76. The van der Waals surface area contributed by atoms with E-state index in [1.54, 1.807) is 6.92 Å². The van der Waals surface area contributed by atoms with E-state index in [1.807, 2.05) is 11.8 Å². The molecule has 2 unspecified atom stereocenters. The summed E-state index contributed by atoms with van der Waals surface area (Å²) in [4.78, 5) is 25.6. The van der Waals surface area contributed by atoms with Crippen molar-refractivity contribution in [3.63, 3.8) is 0 Å². The maximum atomic E-state index is 12.1. The van der Waals surface area contributed by atoms with Crippen molar-refractivity contribution in [3.8, 4) is 0 Å². The minimum Gasteiger partial charge on any atom is -0.345 e. The molecule has 2 amide bonds. The van der Waals surface area contributed by atoms with Crippen molar-refractivity contribution < 1.29 is 9.59 Å². The van der Waals surface area contributed by atoms with Gasteiger partial charge in [0.05, 0.1) is 0 Å². The molecule has 1 fully saturated rings. The number of amides is 2. The number of nitrogens with one attached hydrogen (secondary N) is 1. The van der Waals surface area contributed by atoms with E-state index in [-0.39, 0.29) is 17.7 Å². The Kier molecular flexibility index (Phi) is 6.12. The Morgan fingerprint density at radius 1 is 1.22 bits per heavy atom. The standard InChI is InChI=1S/C13H25N3O2/c1-10(9-14)8-12(17)15-11(2)13(18)16-6-4-3-5-7-16/h10-11H,3-9,14H2,1-2H3,(H,15,17). The first-order chi connectivity index (χ1) is 8.54. The Bertz CT molecular complexity index is 288. The van der Waals surface area contributed by atoms with E-state index >= 15 is 0 Å². The van der Waals surface area contributed by atoms with Crippen LogP contribution in [0.15, 0.2) is 0 Å². The molecule has 0 aromatic heterocycles. The van der Waals surface area contributed by atoms with Gasteiger partial charge in [0.25, 0.3) is 0 Å². The topological polar surface area (TPSA) is 75.4 Å². The first-order valence-corrected chi connectivity index (χ1v) is 6.82. The van der Waals surface area contributed by atoms with E-state index in [9.17, 15) is 9.59 Å². The number of hydrogen-bond acceptors (Lipinski definition) is 3. The van der Waals surface area contributed by atoms with Crippen molar-refractivity contribution in [3.05, 3.63) is 0 Å². The summed E-state index contributed by atoms with van der Waals surface area (Å²) in [6.07, 6.45) is 3.71. The molecule has 5 nitrogen and oxygen atoms in total. The van der Waals surface area contributed by atoms with Crippen LogP contribution in [0.25, 0.3) is 0 Å². The van der Waals surface area contributed by atoms with E-state index in [0.717, 1.165) is 25.9 Å². The van der Waals surface area contributed by atoms with Crippen LogP contribution in [0.3, 0.4) is 0 Å². The predicted molar refractivity (Wildman–Crippen MR) is 70.9 cm³/mol. The van der Waals surface area contributed by atoms with Crippen molar-refractivity contribution in [2.75, 3.05) is 19.6 Å². The lowest BCUT2D eigenvalue weighted by Crippen LogP contribution is -2.48. The van der Waals surface area contributed by atoms with Gasteiger partial charge in [0.1, 0.15) is 6.04 Å². The SMILES string of the molecule is CC(CN)CC(=O)NC(C)C(=O)N1CCCCC1. The molecular formula is C13H25N3O2. The highest BCUT2D eigenvalue weighted by molar-refractivity contribution is 5.87. The fourth-order valence-electron chi connectivity index (χ4n) is 2.15. The second-order valence-electron chi connectivity index (χ2n) is 5.22. The normalized spacial score (nSPS) is 19.2. The lowest BCUT2D eigenvalue weighted by molar-refractivity contribution is -0.136. The molecule has 2 atom stereocenters. The smallest absolute Gasteiger partial charge is 0.244 e. The maximum Gasteiger partial charge on any atom is 0.244 e. The number of rotatable bonds is 5. The molecule has 1 aliphatic heterocycles. The lowest BCUT2D eigenvalue weighted by atomic mass is 10.1. The zero-order chi connectivity index (χ0) is 13.5. The van der Waals surface area contributed by atoms with Crippen molar-refractivity contribution in [1.82, 2.24) is 10.2 Å². The van der Waals surface area contributed by atoms with Crippen LogP contribution < -0.4 is 11.1 Å². The van der Waals surface area contributed by atoms with Gasteiger partial charge in [-0.15, -0.1) is 0 Å². The van der Waals surface area contributed by atoms with E-state index in [4.69, 9.17) is 5.73 Å². The summed E-state index contributed by atoms with van der Waals surface area (Å²) in [6, 6.07) is -0.430. The molecule has 0 saturated carbocycles. The Hall–Kier alpha value is -1.10. The Labute approximate surface area is 109 Å². The van der Waals surface area contributed by atoms with E-state index in [2.05, 4.69) is 5.32 Å². The van der Waals surface area contributed by atoms with Crippen molar-refractivity contribution in [2.45, 2.75) is 45.6 Å². The molecule has 3 N–H and O–H groups in total. The molecule has 1 saturated heterocycles. The number of likely N-dealkylation sites (tertiary alicyclic amines) is 1. The van der Waals surface area contributed by atoms with Crippen LogP contribution in [-0.2, 0) is 9.59 Å². The molecule has 0 aromatic rings. The largest absolute Gasteiger partial charge is 0.345 e. The maximum absolute atomic E-state index is 12.1. The number of carbonyl (C=O) groups excluding carboxylic acids is 2. The van der Waals surface area contributed by atoms with Crippen LogP contribution in [-0.4, -0.2) is 42.4 Å². The highest BCUT2D eigenvalue weighted by Crippen LogP contribution is 2.10. The highest BCUT2D eigenvalue weighted by atomic mass is 16.2. The van der Waals surface area contributed by atoms with Gasteiger partial charge in [-0.3, -0.25) is 9.59 Å². The average Bonchev–Trinajstić information content (AvgIpc) is 2.38. The molecule has 0 bridgehead atoms. The third kappa shape index (κ3) is 4.64. The van der Waals surface area contributed by atoms with Gasteiger partial charge in [-0.1, -0.05) is 6.92 Å². The number of nitrogens with two attached hydrogens (primary N) is 1. The third-order valence-electron chi connectivity index (χ3n) is 3.35. The summed E-state index contributed by atoms with van der Waals surface area (Å²) in [7, 11) is 0. The minimum absolute atomic E-state index is 0.0310. The van der Waals surface area contributed by atoms with E-state index in [0.29, 0.717) is 13.0 Å². The Morgan fingerprint density at radius 3 is 2.39 bits per heavy atom. The van der Waals surface area contributed by atoms with Gasteiger partial charge in [-0.25, -0.2) is 0 Å². The van der Waals surface area contributed by atoms with Crippen molar-refractivity contribution in [2.24, 2.45) is 11.7 Å². The zero-order valence-corrected chi connectivity index (χ0v) is 11.4. The molecule has 0 aliphatic carbocycles. The number of hydrogen-bond donors (Lipinski definition) is 2. The first-order valence-electron chi connectivity index (χ1n) is 6.82. The van der Waals surface area contributed by atoms with Gasteiger partial charge < -0.3 is 16.0 Å². The fourth-order valence-corrected chi connectivity index (χ4v) is 2.15. The van der Waals surface area contributed by atoms with Gasteiger partial charge in [-0.2, -0.15) is 0 Å².